The van der Waals surface area contributed by atoms with E-state index in [1.165, 1.54) is 0 Å². The fourth-order valence-corrected chi connectivity index (χ4v) is 3.44. The van der Waals surface area contributed by atoms with Crippen LogP contribution in [0.3, 0.4) is 0 Å². The Morgan fingerprint density at radius 1 is 1.04 bits per heavy atom. The normalized spacial score (nSPS) is 9.43. The molecule has 1 aromatic carbocycles. The summed E-state index contributed by atoms with van der Waals surface area (Å²) in [5.74, 6) is 0. The van der Waals surface area contributed by atoms with Gasteiger partial charge in [-0.1, -0.05) is 30.3 Å². The first-order valence-electron chi connectivity index (χ1n) is 6.59. The maximum atomic E-state index is 10.2. The van der Waals surface area contributed by atoms with Crippen molar-refractivity contribution in [1.82, 2.24) is 0 Å². The van der Waals surface area contributed by atoms with E-state index < -0.39 is 7.12 Å². The molecular weight excluding hydrogens is 329 g/mol. The fraction of sp³-hybridized carbons (Fsp3) is 0. The lowest BCUT2D eigenvalue weighted by Crippen LogP contribution is -2.29. The zero-order valence-electron chi connectivity index (χ0n) is 11.9. The highest BCUT2D eigenvalue weighted by atomic mass is 32.1. The molecule has 0 unspecified atom stereocenters. The number of benzene rings is 1. The number of carbonyl (C=O) groups is 1. The minimum Gasteiger partial charge on any atom is -0.423 e. The Kier molecular flexibility index (Phi) is 6.26. The molecule has 0 fully saturated rings. The number of nitriles is 1. The van der Waals surface area contributed by atoms with Crippen molar-refractivity contribution in [3.8, 4) is 16.5 Å². The van der Waals surface area contributed by atoms with Crippen LogP contribution in [-0.4, -0.2) is 23.5 Å². The molecule has 2 N–H and O–H groups in total. The third-order valence-electron chi connectivity index (χ3n) is 2.91. The molecule has 0 atom stereocenters. The lowest BCUT2D eigenvalue weighted by molar-refractivity contribution is 0.112. The van der Waals surface area contributed by atoms with Gasteiger partial charge in [-0.3, -0.25) is 4.79 Å². The lowest BCUT2D eigenvalue weighted by atomic mass is 9.87. The van der Waals surface area contributed by atoms with Gasteiger partial charge in [-0.2, -0.15) is 16.6 Å². The molecular formula is C16H12BNO3S2. The van der Waals surface area contributed by atoms with Crippen LogP contribution in [0.25, 0.3) is 10.4 Å². The maximum Gasteiger partial charge on any atom is 0.499 e. The van der Waals surface area contributed by atoms with Gasteiger partial charge in [0.25, 0.3) is 0 Å². The average Bonchev–Trinajstić information content (AvgIpc) is 3.24. The number of nitrogens with zero attached hydrogens (tertiary/aromatic N) is 1. The molecule has 0 saturated heterocycles. The zero-order chi connectivity index (χ0) is 16.7. The molecule has 114 valence electrons. The Bertz CT molecular complexity index is 806. The highest BCUT2D eigenvalue weighted by molar-refractivity contribution is 7.21. The standard InChI is InChI=1S/C11H7NS.C5H5BO3S/c12-8-10-6-7-13-11(10)9-4-2-1-3-5-9;7-3-4-1-2-10-5(4)6(8)9/h1-7H;1-3,8-9H. The fourth-order valence-electron chi connectivity index (χ4n) is 1.85. The first kappa shape index (κ1) is 17.1. The van der Waals surface area contributed by atoms with Crippen LogP contribution in [0.1, 0.15) is 15.9 Å². The molecule has 0 aliphatic rings. The highest BCUT2D eigenvalue weighted by Gasteiger charge is 2.16. The predicted octanol–water partition coefficient (Wildman–Crippen LogP) is 2.53. The minimum atomic E-state index is -1.53. The Balaban J connectivity index is 0.000000174. The lowest BCUT2D eigenvalue weighted by Gasteiger charge is -1.96. The summed E-state index contributed by atoms with van der Waals surface area (Å²) in [6.07, 6.45) is 0.602. The minimum absolute atomic E-state index is 0.301. The summed E-state index contributed by atoms with van der Waals surface area (Å²) in [6.45, 7) is 0. The van der Waals surface area contributed by atoms with Gasteiger partial charge in [0, 0.05) is 10.3 Å². The number of hydrogen-bond acceptors (Lipinski definition) is 6. The first-order chi connectivity index (χ1) is 11.2. The van der Waals surface area contributed by atoms with Crippen molar-refractivity contribution < 1.29 is 14.8 Å². The SMILES string of the molecule is N#Cc1ccsc1-c1ccccc1.O=Cc1ccsc1B(O)O. The monoisotopic (exact) mass is 341 g/mol. The van der Waals surface area contributed by atoms with E-state index in [-0.39, 0.29) is 0 Å². The van der Waals surface area contributed by atoms with Crippen LogP contribution in [0, 0.1) is 11.3 Å². The van der Waals surface area contributed by atoms with Crippen molar-refractivity contribution in [3.63, 3.8) is 0 Å². The van der Waals surface area contributed by atoms with Crippen molar-refractivity contribution in [1.29, 1.82) is 5.26 Å². The van der Waals surface area contributed by atoms with Gasteiger partial charge < -0.3 is 10.0 Å². The van der Waals surface area contributed by atoms with E-state index in [1.54, 1.807) is 22.8 Å². The summed E-state index contributed by atoms with van der Waals surface area (Å²) in [5, 5.41) is 29.7. The molecule has 2 aromatic heterocycles. The molecule has 7 heteroatoms. The third-order valence-corrected chi connectivity index (χ3v) is 4.85. The first-order valence-corrected chi connectivity index (χ1v) is 8.35. The number of rotatable bonds is 3. The van der Waals surface area contributed by atoms with Gasteiger partial charge in [-0.05, 0) is 28.5 Å². The van der Waals surface area contributed by atoms with Crippen molar-refractivity contribution in [3.05, 3.63) is 64.4 Å². The largest absolute Gasteiger partial charge is 0.499 e. The van der Waals surface area contributed by atoms with Crippen LogP contribution in [0.5, 0.6) is 0 Å². The van der Waals surface area contributed by atoms with Gasteiger partial charge >= 0.3 is 7.12 Å². The molecule has 0 amide bonds. The van der Waals surface area contributed by atoms with Crippen LogP contribution in [0.15, 0.2) is 53.2 Å². The number of thiophene rings is 2. The summed E-state index contributed by atoms with van der Waals surface area (Å²) in [7, 11) is -1.53. The smallest absolute Gasteiger partial charge is 0.423 e. The molecule has 4 nitrogen and oxygen atoms in total. The van der Waals surface area contributed by atoms with Crippen LogP contribution in [-0.2, 0) is 0 Å². The van der Waals surface area contributed by atoms with Gasteiger partial charge in [0.05, 0.1) is 10.4 Å². The van der Waals surface area contributed by atoms with Gasteiger partial charge in [0.15, 0.2) is 6.29 Å². The van der Waals surface area contributed by atoms with Crippen LogP contribution >= 0.6 is 22.7 Å². The van der Waals surface area contributed by atoms with Gasteiger partial charge in [-0.25, -0.2) is 0 Å². The average molecular weight is 341 g/mol. The third kappa shape index (κ3) is 4.37. The Morgan fingerprint density at radius 3 is 2.30 bits per heavy atom. The molecule has 0 saturated carbocycles. The molecule has 23 heavy (non-hydrogen) atoms. The van der Waals surface area contributed by atoms with Crippen molar-refractivity contribution in [2.45, 2.75) is 0 Å². The zero-order valence-corrected chi connectivity index (χ0v) is 13.6. The van der Waals surface area contributed by atoms with Crippen LogP contribution < -0.4 is 4.78 Å². The van der Waals surface area contributed by atoms with E-state index in [1.807, 2.05) is 41.8 Å². The van der Waals surface area contributed by atoms with Crippen molar-refractivity contribution >= 4 is 40.9 Å². The Hall–Kier alpha value is -2.24. The van der Waals surface area contributed by atoms with Gasteiger partial charge in [0.1, 0.15) is 6.07 Å². The quantitative estimate of drug-likeness (QED) is 0.567. The molecule has 2 heterocycles. The van der Waals surface area contributed by atoms with Gasteiger partial charge in [-0.15, -0.1) is 11.3 Å². The van der Waals surface area contributed by atoms with E-state index in [9.17, 15) is 4.79 Å². The molecule has 0 aliphatic carbocycles. The Morgan fingerprint density at radius 2 is 1.74 bits per heavy atom. The number of hydrogen-bond donors (Lipinski definition) is 2. The molecule has 0 radical (unpaired) electrons. The van der Waals surface area contributed by atoms with Crippen molar-refractivity contribution in [2.75, 3.05) is 0 Å². The summed E-state index contributed by atoms with van der Waals surface area (Å²) in [4.78, 5) is 11.2. The topological polar surface area (TPSA) is 81.3 Å². The number of aldehydes is 1. The van der Waals surface area contributed by atoms with Gasteiger partial charge in [0.2, 0.25) is 0 Å². The van der Waals surface area contributed by atoms with E-state index in [0.29, 0.717) is 16.6 Å². The van der Waals surface area contributed by atoms with E-state index in [2.05, 4.69) is 6.07 Å². The summed E-state index contributed by atoms with van der Waals surface area (Å²) < 4.78 is 0.301. The maximum absolute atomic E-state index is 10.2. The van der Waals surface area contributed by atoms with E-state index >= 15 is 0 Å². The second-order valence-electron chi connectivity index (χ2n) is 4.37. The molecule has 3 aromatic rings. The Labute approximate surface area is 142 Å². The van der Waals surface area contributed by atoms with E-state index in [4.69, 9.17) is 15.3 Å². The molecule has 3 rings (SSSR count). The predicted molar refractivity (Wildman–Crippen MR) is 94.0 cm³/mol. The molecule has 0 aliphatic heterocycles. The summed E-state index contributed by atoms with van der Waals surface area (Å²) in [6, 6.07) is 15.6. The second kappa shape index (κ2) is 8.41. The summed E-state index contributed by atoms with van der Waals surface area (Å²) >= 11 is 2.76. The highest BCUT2D eigenvalue weighted by Crippen LogP contribution is 2.28. The second-order valence-corrected chi connectivity index (χ2v) is 6.24. The van der Waals surface area contributed by atoms with Crippen molar-refractivity contribution in [2.24, 2.45) is 0 Å². The summed E-state index contributed by atoms with van der Waals surface area (Å²) in [5.41, 5.74) is 2.23. The molecule has 0 spiro atoms. The molecule has 0 bridgehead atoms. The van der Waals surface area contributed by atoms with E-state index in [0.717, 1.165) is 27.3 Å². The van der Waals surface area contributed by atoms with Crippen LogP contribution in [0.2, 0.25) is 0 Å². The number of carbonyl (C=O) groups excluding carboxylic acids is 1. The van der Waals surface area contributed by atoms with Crippen LogP contribution in [0.4, 0.5) is 0 Å².